The Hall–Kier alpha value is -2.05. The molecule has 0 saturated carbocycles. The van der Waals surface area contributed by atoms with Gasteiger partial charge in [-0.05, 0) is 43.2 Å². The predicted molar refractivity (Wildman–Crippen MR) is 89.8 cm³/mol. The zero-order valence-electron chi connectivity index (χ0n) is 13.7. The number of hydrogen-bond donors (Lipinski definition) is 0. The third-order valence-corrected chi connectivity index (χ3v) is 5.30. The van der Waals surface area contributed by atoms with Crippen LogP contribution in [0.25, 0.3) is 0 Å². The first-order valence-electron chi connectivity index (χ1n) is 7.86. The van der Waals surface area contributed by atoms with Gasteiger partial charge in [0.15, 0.2) is 11.5 Å². The molecule has 0 aliphatic carbocycles. The Morgan fingerprint density at radius 3 is 2.50 bits per heavy atom. The van der Waals surface area contributed by atoms with Gasteiger partial charge >= 0.3 is 0 Å². The molecule has 1 heterocycles. The van der Waals surface area contributed by atoms with Crippen LogP contribution in [-0.4, -0.2) is 21.3 Å². The van der Waals surface area contributed by atoms with Crippen molar-refractivity contribution in [1.29, 1.82) is 0 Å². The van der Waals surface area contributed by atoms with Gasteiger partial charge in [-0.1, -0.05) is 30.7 Å². The molecule has 6 heteroatoms. The highest BCUT2D eigenvalue weighted by Gasteiger charge is 2.22. The Labute approximate surface area is 142 Å². The van der Waals surface area contributed by atoms with Crippen molar-refractivity contribution >= 4 is 10.1 Å². The Morgan fingerprint density at radius 2 is 1.79 bits per heavy atom. The highest BCUT2D eigenvalue weighted by atomic mass is 32.2. The Morgan fingerprint density at radius 1 is 1.08 bits per heavy atom. The van der Waals surface area contributed by atoms with Gasteiger partial charge in [0.1, 0.15) is 0 Å². The molecule has 5 nitrogen and oxygen atoms in total. The van der Waals surface area contributed by atoms with Gasteiger partial charge in [0.05, 0.1) is 11.0 Å². The molecule has 1 atom stereocenters. The molecule has 24 heavy (non-hydrogen) atoms. The summed E-state index contributed by atoms with van der Waals surface area (Å²) in [6.07, 6.45) is 0.634. The van der Waals surface area contributed by atoms with E-state index in [1.54, 1.807) is 24.3 Å². The largest absolute Gasteiger partial charge is 0.454 e. The highest BCUT2D eigenvalue weighted by molar-refractivity contribution is 7.86. The minimum absolute atomic E-state index is 0.178. The van der Waals surface area contributed by atoms with Crippen molar-refractivity contribution in [3.63, 3.8) is 0 Å². The van der Waals surface area contributed by atoms with Crippen molar-refractivity contribution in [3.05, 3.63) is 53.6 Å². The first-order chi connectivity index (χ1) is 11.5. The third kappa shape index (κ3) is 3.71. The minimum Gasteiger partial charge on any atom is -0.454 e. The van der Waals surface area contributed by atoms with E-state index in [1.165, 1.54) is 0 Å². The summed E-state index contributed by atoms with van der Waals surface area (Å²) < 4.78 is 40.9. The van der Waals surface area contributed by atoms with Crippen molar-refractivity contribution in [2.24, 2.45) is 0 Å². The topological polar surface area (TPSA) is 61.8 Å². The van der Waals surface area contributed by atoms with Crippen LogP contribution in [-0.2, 0) is 20.7 Å². The van der Waals surface area contributed by atoms with E-state index in [0.29, 0.717) is 24.3 Å². The lowest BCUT2D eigenvalue weighted by Crippen LogP contribution is -2.20. The van der Waals surface area contributed by atoms with Crippen LogP contribution in [0.3, 0.4) is 0 Å². The summed E-state index contributed by atoms with van der Waals surface area (Å²) in [6, 6.07) is 12.3. The summed E-state index contributed by atoms with van der Waals surface area (Å²) in [6.45, 7) is 4.03. The second-order valence-electron chi connectivity index (χ2n) is 5.79. The maximum Gasteiger partial charge on any atom is 0.297 e. The minimum atomic E-state index is -3.78. The van der Waals surface area contributed by atoms with Crippen LogP contribution in [0.4, 0.5) is 0 Å². The smallest absolute Gasteiger partial charge is 0.297 e. The van der Waals surface area contributed by atoms with Crippen LogP contribution < -0.4 is 9.47 Å². The fourth-order valence-electron chi connectivity index (χ4n) is 2.52. The lowest BCUT2D eigenvalue weighted by molar-refractivity contribution is 0.174. The molecule has 0 unspecified atom stereocenters. The van der Waals surface area contributed by atoms with Crippen molar-refractivity contribution in [2.75, 3.05) is 6.79 Å². The van der Waals surface area contributed by atoms with Crippen LogP contribution in [0, 0.1) is 6.92 Å². The summed E-state index contributed by atoms with van der Waals surface area (Å²) in [7, 11) is -3.78. The van der Waals surface area contributed by atoms with Crippen molar-refractivity contribution in [1.82, 2.24) is 0 Å². The molecular weight excluding hydrogens is 328 g/mol. The summed E-state index contributed by atoms with van der Waals surface area (Å²) in [5, 5.41) is 0. The predicted octanol–water partition coefficient (Wildman–Crippen LogP) is 3.45. The standard InChI is InChI=1S/C18H20O5S/c1-3-15(10-14-6-9-17-18(11-14)22-12-21-17)23-24(19,20)16-7-4-13(2)5-8-16/h4-9,11,15H,3,10,12H2,1-2H3/t15-/m0/s1. The van der Waals surface area contributed by atoms with Crippen LogP contribution in [0.2, 0.25) is 0 Å². The van der Waals surface area contributed by atoms with E-state index in [1.807, 2.05) is 32.0 Å². The molecule has 0 saturated heterocycles. The highest BCUT2D eigenvalue weighted by Crippen LogP contribution is 2.33. The van der Waals surface area contributed by atoms with Crippen LogP contribution in [0.5, 0.6) is 11.5 Å². The lowest BCUT2D eigenvalue weighted by atomic mass is 10.1. The molecule has 0 amide bonds. The number of rotatable bonds is 6. The second-order valence-corrected chi connectivity index (χ2v) is 7.36. The molecular formula is C18H20O5S. The molecule has 0 radical (unpaired) electrons. The maximum absolute atomic E-state index is 12.4. The molecule has 0 fully saturated rings. The zero-order chi connectivity index (χ0) is 17.2. The lowest BCUT2D eigenvalue weighted by Gasteiger charge is -2.16. The van der Waals surface area contributed by atoms with Gasteiger partial charge < -0.3 is 9.47 Å². The first-order valence-corrected chi connectivity index (χ1v) is 9.27. The fourth-order valence-corrected chi connectivity index (χ4v) is 3.66. The molecule has 0 spiro atoms. The summed E-state index contributed by atoms with van der Waals surface area (Å²) in [4.78, 5) is 0.178. The van der Waals surface area contributed by atoms with E-state index in [2.05, 4.69) is 0 Å². The quantitative estimate of drug-likeness (QED) is 0.748. The Balaban J connectivity index is 1.73. The number of benzene rings is 2. The molecule has 1 aliphatic heterocycles. The van der Waals surface area contributed by atoms with Gasteiger partial charge in [-0.25, -0.2) is 0 Å². The average molecular weight is 348 g/mol. The summed E-state index contributed by atoms with van der Waals surface area (Å²) >= 11 is 0. The molecule has 128 valence electrons. The number of ether oxygens (including phenoxy) is 2. The second kappa shape index (κ2) is 6.83. The van der Waals surface area contributed by atoms with E-state index in [4.69, 9.17) is 13.7 Å². The van der Waals surface area contributed by atoms with E-state index in [-0.39, 0.29) is 11.7 Å². The van der Waals surface area contributed by atoms with Gasteiger partial charge in [-0.3, -0.25) is 4.18 Å². The maximum atomic E-state index is 12.4. The molecule has 0 bridgehead atoms. The van der Waals surface area contributed by atoms with Crippen LogP contribution >= 0.6 is 0 Å². The van der Waals surface area contributed by atoms with Crippen LogP contribution in [0.15, 0.2) is 47.4 Å². The number of aryl methyl sites for hydroxylation is 1. The fraction of sp³-hybridized carbons (Fsp3) is 0.333. The SMILES string of the molecule is CC[C@@H](Cc1ccc2c(c1)OCO2)OS(=O)(=O)c1ccc(C)cc1. The molecule has 1 aliphatic rings. The van der Waals surface area contributed by atoms with E-state index < -0.39 is 16.2 Å². The van der Waals surface area contributed by atoms with Gasteiger partial charge in [-0.2, -0.15) is 8.42 Å². The van der Waals surface area contributed by atoms with Gasteiger partial charge in [-0.15, -0.1) is 0 Å². The zero-order valence-corrected chi connectivity index (χ0v) is 14.5. The average Bonchev–Trinajstić information content (AvgIpc) is 3.02. The monoisotopic (exact) mass is 348 g/mol. The molecule has 0 N–H and O–H groups in total. The molecule has 0 aromatic heterocycles. The van der Waals surface area contributed by atoms with Crippen molar-refractivity contribution in [2.45, 2.75) is 37.7 Å². The Bertz CT molecular complexity index is 812. The number of fused-ring (bicyclic) bond motifs is 1. The normalized spacial score (nSPS) is 14.6. The summed E-state index contributed by atoms with van der Waals surface area (Å²) in [5.74, 6) is 1.39. The molecule has 2 aromatic rings. The third-order valence-electron chi connectivity index (χ3n) is 3.93. The van der Waals surface area contributed by atoms with E-state index in [9.17, 15) is 8.42 Å². The summed E-state index contributed by atoms with van der Waals surface area (Å²) in [5.41, 5.74) is 1.95. The van der Waals surface area contributed by atoms with Gasteiger partial charge in [0, 0.05) is 6.42 Å². The molecule has 3 rings (SSSR count). The van der Waals surface area contributed by atoms with Crippen LogP contribution in [0.1, 0.15) is 24.5 Å². The van der Waals surface area contributed by atoms with Gasteiger partial charge in [0.2, 0.25) is 6.79 Å². The molecule has 2 aromatic carbocycles. The first kappa shape index (κ1) is 16.8. The number of hydrogen-bond acceptors (Lipinski definition) is 5. The Kier molecular flexibility index (Phi) is 4.78. The van der Waals surface area contributed by atoms with Gasteiger partial charge in [0.25, 0.3) is 10.1 Å². The van der Waals surface area contributed by atoms with E-state index >= 15 is 0 Å². The van der Waals surface area contributed by atoms with Crippen molar-refractivity contribution < 1.29 is 22.1 Å². The van der Waals surface area contributed by atoms with Crippen molar-refractivity contribution in [3.8, 4) is 11.5 Å². The van der Waals surface area contributed by atoms with E-state index in [0.717, 1.165) is 11.1 Å².